The quantitative estimate of drug-likeness (QED) is 0.372. The Hall–Kier alpha value is -0.890. The maximum absolute atomic E-state index is 10.4. The summed E-state index contributed by atoms with van der Waals surface area (Å²) in [6.07, 6.45) is 0. The molecule has 64 valence electrons. The molecule has 0 spiro atoms. The molecule has 1 aromatic rings. The first kappa shape index (κ1) is 9.20. The van der Waals surface area contributed by atoms with Crippen molar-refractivity contribution in [2.75, 3.05) is 5.43 Å². The molecule has 0 aliphatic carbocycles. The van der Waals surface area contributed by atoms with E-state index < -0.39 is 4.92 Å². The minimum Gasteiger partial charge on any atom is -0.323 e. The van der Waals surface area contributed by atoms with Gasteiger partial charge in [-0.1, -0.05) is 6.07 Å². The van der Waals surface area contributed by atoms with Gasteiger partial charge in [0.25, 0.3) is 5.69 Å². The molecule has 1 rings (SSSR count). The number of rotatable bonds is 2. The molecule has 0 radical (unpaired) electrons. The van der Waals surface area contributed by atoms with Crippen molar-refractivity contribution < 1.29 is 4.92 Å². The summed E-state index contributed by atoms with van der Waals surface area (Å²) in [7, 11) is 0. The Balaban J connectivity index is 3.23. The number of hydrogen-bond donors (Lipinski definition) is 2. The van der Waals surface area contributed by atoms with Gasteiger partial charge in [-0.3, -0.25) is 16.0 Å². The Morgan fingerprint density at radius 1 is 1.58 bits per heavy atom. The summed E-state index contributed by atoms with van der Waals surface area (Å²) in [6.45, 7) is 0. The van der Waals surface area contributed by atoms with E-state index in [1.165, 1.54) is 6.07 Å². The largest absolute Gasteiger partial charge is 0.323 e. The highest BCUT2D eigenvalue weighted by molar-refractivity contribution is 14.1. The van der Waals surface area contributed by atoms with E-state index in [0.717, 1.165) is 0 Å². The van der Waals surface area contributed by atoms with Crippen LogP contribution in [0, 0.1) is 13.7 Å². The molecule has 0 aliphatic heterocycles. The first-order valence-corrected chi connectivity index (χ1v) is 4.14. The molecule has 0 unspecified atom stereocenters. The van der Waals surface area contributed by atoms with Crippen molar-refractivity contribution in [1.29, 1.82) is 0 Å². The van der Waals surface area contributed by atoms with Crippen molar-refractivity contribution in [2.45, 2.75) is 0 Å². The maximum Gasteiger partial charge on any atom is 0.284 e. The first-order chi connectivity index (χ1) is 5.66. The summed E-state index contributed by atoms with van der Waals surface area (Å²) >= 11 is 1.87. The van der Waals surface area contributed by atoms with Crippen molar-refractivity contribution in [3.8, 4) is 0 Å². The Bertz CT molecular complexity index is 316. The van der Waals surface area contributed by atoms with Gasteiger partial charge in [-0.25, -0.2) is 0 Å². The average molecular weight is 279 g/mol. The van der Waals surface area contributed by atoms with Crippen LogP contribution < -0.4 is 11.3 Å². The van der Waals surface area contributed by atoms with Crippen molar-refractivity contribution >= 4 is 34.0 Å². The molecule has 0 atom stereocenters. The van der Waals surface area contributed by atoms with E-state index in [9.17, 15) is 10.1 Å². The number of halogens is 1. The second-order valence-electron chi connectivity index (χ2n) is 2.04. The van der Waals surface area contributed by atoms with Crippen LogP contribution in [0.15, 0.2) is 18.2 Å². The van der Waals surface area contributed by atoms with Crippen molar-refractivity contribution in [1.82, 2.24) is 0 Å². The molecule has 0 saturated heterocycles. The predicted molar refractivity (Wildman–Crippen MR) is 53.6 cm³/mol. The molecule has 0 saturated carbocycles. The lowest BCUT2D eigenvalue weighted by atomic mass is 10.3. The molecule has 5 nitrogen and oxygen atoms in total. The summed E-state index contributed by atoms with van der Waals surface area (Å²) in [5, 5.41) is 10.4. The number of nitro benzene ring substituents is 1. The zero-order valence-electron chi connectivity index (χ0n) is 5.95. The van der Waals surface area contributed by atoms with E-state index in [2.05, 4.69) is 5.43 Å². The third-order valence-electron chi connectivity index (χ3n) is 1.33. The third kappa shape index (κ3) is 1.64. The lowest BCUT2D eigenvalue weighted by molar-refractivity contribution is -0.385. The number of hydrazine groups is 1. The van der Waals surface area contributed by atoms with E-state index in [1.807, 2.05) is 22.6 Å². The van der Waals surface area contributed by atoms with Gasteiger partial charge in [0.2, 0.25) is 0 Å². The van der Waals surface area contributed by atoms with Crippen LogP contribution in [0.25, 0.3) is 0 Å². The van der Waals surface area contributed by atoms with Gasteiger partial charge in [-0.2, -0.15) is 0 Å². The molecule has 0 aromatic heterocycles. The molecular weight excluding hydrogens is 273 g/mol. The zero-order chi connectivity index (χ0) is 9.14. The summed E-state index contributed by atoms with van der Waals surface area (Å²) < 4.78 is 0.516. The summed E-state index contributed by atoms with van der Waals surface area (Å²) in [6, 6.07) is 4.69. The SMILES string of the molecule is NNc1cccc([N+](=O)[O-])c1I. The van der Waals surface area contributed by atoms with Gasteiger partial charge >= 0.3 is 0 Å². The third-order valence-corrected chi connectivity index (χ3v) is 2.46. The molecule has 0 aliphatic rings. The van der Waals surface area contributed by atoms with Crippen molar-refractivity contribution in [3.63, 3.8) is 0 Å². The fraction of sp³-hybridized carbons (Fsp3) is 0. The van der Waals surface area contributed by atoms with Gasteiger partial charge in [0.05, 0.1) is 10.6 Å². The Morgan fingerprint density at radius 2 is 2.25 bits per heavy atom. The molecule has 1 aromatic carbocycles. The first-order valence-electron chi connectivity index (χ1n) is 3.06. The number of nitrogens with one attached hydrogen (secondary N) is 1. The number of anilines is 1. The van der Waals surface area contributed by atoms with Gasteiger partial charge in [-0.15, -0.1) is 0 Å². The molecule has 0 fully saturated rings. The maximum atomic E-state index is 10.4. The van der Waals surface area contributed by atoms with E-state index in [-0.39, 0.29) is 5.69 Å². The van der Waals surface area contributed by atoms with E-state index >= 15 is 0 Å². The summed E-state index contributed by atoms with van der Waals surface area (Å²) in [5.74, 6) is 5.14. The van der Waals surface area contributed by atoms with Crippen LogP contribution in [-0.2, 0) is 0 Å². The number of nitro groups is 1. The molecular formula is C6H6IN3O2. The minimum atomic E-state index is -0.442. The molecule has 6 heteroatoms. The minimum absolute atomic E-state index is 0.0612. The predicted octanol–water partition coefficient (Wildman–Crippen LogP) is 1.49. The monoisotopic (exact) mass is 279 g/mol. The average Bonchev–Trinajstić information content (AvgIpc) is 2.04. The topological polar surface area (TPSA) is 81.2 Å². The second kappa shape index (κ2) is 3.68. The zero-order valence-corrected chi connectivity index (χ0v) is 8.11. The Kier molecular flexibility index (Phi) is 2.82. The fourth-order valence-corrected chi connectivity index (χ4v) is 1.48. The molecule has 12 heavy (non-hydrogen) atoms. The normalized spacial score (nSPS) is 9.50. The van der Waals surface area contributed by atoms with Gasteiger partial charge < -0.3 is 5.43 Å². The van der Waals surface area contributed by atoms with Crippen molar-refractivity contribution in [3.05, 3.63) is 31.9 Å². The lowest BCUT2D eigenvalue weighted by Gasteiger charge is -2.02. The van der Waals surface area contributed by atoms with E-state index in [1.54, 1.807) is 12.1 Å². The van der Waals surface area contributed by atoms with Gasteiger partial charge in [0.1, 0.15) is 3.57 Å². The number of nitrogens with two attached hydrogens (primary N) is 1. The Labute approximate surface area is 82.2 Å². The van der Waals surface area contributed by atoms with Gasteiger partial charge in [0, 0.05) is 6.07 Å². The standard InChI is InChI=1S/C6H6IN3O2/c7-6-4(9-8)2-1-3-5(6)10(11)12/h1-3,9H,8H2. The van der Waals surface area contributed by atoms with Crippen LogP contribution in [0.2, 0.25) is 0 Å². The van der Waals surface area contributed by atoms with Crippen molar-refractivity contribution in [2.24, 2.45) is 5.84 Å². The number of nitrogen functional groups attached to an aromatic ring is 1. The van der Waals surface area contributed by atoms with Crippen LogP contribution in [-0.4, -0.2) is 4.92 Å². The smallest absolute Gasteiger partial charge is 0.284 e. The Morgan fingerprint density at radius 3 is 2.75 bits per heavy atom. The van der Waals surface area contributed by atoms with E-state index in [4.69, 9.17) is 5.84 Å². The number of hydrogen-bond acceptors (Lipinski definition) is 4. The van der Waals surface area contributed by atoms with Crippen LogP contribution in [0.1, 0.15) is 0 Å². The molecule has 0 bridgehead atoms. The fourth-order valence-electron chi connectivity index (χ4n) is 0.772. The van der Waals surface area contributed by atoms with E-state index in [0.29, 0.717) is 9.26 Å². The second-order valence-corrected chi connectivity index (χ2v) is 3.12. The lowest BCUT2D eigenvalue weighted by Crippen LogP contribution is -2.08. The highest BCUT2D eigenvalue weighted by atomic mass is 127. The van der Waals surface area contributed by atoms with Crippen LogP contribution in [0.5, 0.6) is 0 Å². The summed E-state index contributed by atoms with van der Waals surface area (Å²) in [4.78, 5) is 9.98. The molecule has 0 amide bonds. The number of benzene rings is 1. The highest BCUT2D eigenvalue weighted by Gasteiger charge is 2.13. The van der Waals surface area contributed by atoms with Crippen LogP contribution >= 0.6 is 22.6 Å². The van der Waals surface area contributed by atoms with Crippen LogP contribution in [0.4, 0.5) is 11.4 Å². The highest BCUT2D eigenvalue weighted by Crippen LogP contribution is 2.26. The summed E-state index contributed by atoms with van der Waals surface area (Å²) in [5.41, 5.74) is 3.00. The number of nitrogens with zero attached hydrogens (tertiary/aromatic N) is 1. The van der Waals surface area contributed by atoms with Gasteiger partial charge in [0.15, 0.2) is 0 Å². The molecule has 3 N–H and O–H groups in total. The molecule has 0 heterocycles. The van der Waals surface area contributed by atoms with Gasteiger partial charge in [-0.05, 0) is 28.7 Å². The van der Waals surface area contributed by atoms with Crippen LogP contribution in [0.3, 0.4) is 0 Å².